The molecule has 3 rings (SSSR count). The van der Waals surface area contributed by atoms with Crippen LogP contribution in [0.15, 0.2) is 60.7 Å². The van der Waals surface area contributed by atoms with E-state index in [1.807, 2.05) is 12.1 Å². The van der Waals surface area contributed by atoms with Crippen molar-refractivity contribution < 1.29 is 4.79 Å². The lowest BCUT2D eigenvalue weighted by Crippen LogP contribution is -2.42. The molecule has 0 bridgehead atoms. The molecule has 21 heavy (non-hydrogen) atoms. The normalized spacial score (nSPS) is 17.6. The van der Waals surface area contributed by atoms with E-state index in [4.69, 9.17) is 0 Å². The maximum Gasteiger partial charge on any atom is 0.127 e. The molecule has 0 saturated carbocycles. The van der Waals surface area contributed by atoms with Crippen LogP contribution >= 0.6 is 0 Å². The zero-order valence-corrected chi connectivity index (χ0v) is 12.2. The summed E-state index contributed by atoms with van der Waals surface area (Å²) >= 11 is 0. The Balaban J connectivity index is 2.09. The molecule has 108 valence electrons. The molecule has 2 heteroatoms. The van der Waals surface area contributed by atoms with Gasteiger partial charge in [0.15, 0.2) is 0 Å². The minimum Gasteiger partial charge on any atom is -0.317 e. The first-order valence-corrected chi connectivity index (χ1v) is 7.63. The summed E-state index contributed by atoms with van der Waals surface area (Å²) in [5, 5.41) is 3.37. The molecule has 0 radical (unpaired) electrons. The summed E-state index contributed by atoms with van der Waals surface area (Å²) in [6.07, 6.45) is 2.99. The average molecular weight is 279 g/mol. The molecule has 0 aliphatic carbocycles. The van der Waals surface area contributed by atoms with Crippen molar-refractivity contribution in [2.24, 2.45) is 5.41 Å². The van der Waals surface area contributed by atoms with E-state index >= 15 is 0 Å². The van der Waals surface area contributed by atoms with Crippen molar-refractivity contribution in [2.45, 2.75) is 18.8 Å². The highest BCUT2D eigenvalue weighted by atomic mass is 16.1. The van der Waals surface area contributed by atoms with E-state index in [9.17, 15) is 4.79 Å². The zero-order chi connectivity index (χ0) is 14.5. The maximum atomic E-state index is 12.0. The molecule has 1 N–H and O–H groups in total. The summed E-state index contributed by atoms with van der Waals surface area (Å²) < 4.78 is 0. The van der Waals surface area contributed by atoms with Crippen molar-refractivity contribution >= 4 is 6.29 Å². The number of nitrogens with one attached hydrogen (secondary N) is 1. The molecule has 2 nitrogen and oxygen atoms in total. The number of rotatable bonds is 4. The summed E-state index contributed by atoms with van der Waals surface area (Å²) in [7, 11) is 0. The number of hydrogen-bond donors (Lipinski definition) is 1. The number of benzene rings is 2. The molecule has 1 fully saturated rings. The predicted molar refractivity (Wildman–Crippen MR) is 85.3 cm³/mol. The third-order valence-electron chi connectivity index (χ3n) is 4.61. The smallest absolute Gasteiger partial charge is 0.127 e. The van der Waals surface area contributed by atoms with Gasteiger partial charge in [-0.1, -0.05) is 60.7 Å². The van der Waals surface area contributed by atoms with Gasteiger partial charge in [0, 0.05) is 11.3 Å². The lowest BCUT2D eigenvalue weighted by Gasteiger charge is -2.40. The molecule has 1 heterocycles. The van der Waals surface area contributed by atoms with Crippen molar-refractivity contribution in [1.82, 2.24) is 5.32 Å². The van der Waals surface area contributed by atoms with Crippen LogP contribution in [-0.4, -0.2) is 19.4 Å². The second-order valence-corrected chi connectivity index (χ2v) is 5.86. The van der Waals surface area contributed by atoms with Gasteiger partial charge in [-0.05, 0) is 37.1 Å². The summed E-state index contributed by atoms with van der Waals surface area (Å²) in [6, 6.07) is 20.9. The Morgan fingerprint density at radius 1 is 0.857 bits per heavy atom. The van der Waals surface area contributed by atoms with Crippen LogP contribution in [0.4, 0.5) is 0 Å². The van der Waals surface area contributed by atoms with E-state index in [2.05, 4.69) is 53.8 Å². The van der Waals surface area contributed by atoms with Crippen molar-refractivity contribution in [3.63, 3.8) is 0 Å². The van der Waals surface area contributed by atoms with Gasteiger partial charge >= 0.3 is 0 Å². The lowest BCUT2D eigenvalue weighted by atomic mass is 9.65. The third kappa shape index (κ3) is 2.77. The number of piperidine rings is 1. The van der Waals surface area contributed by atoms with Gasteiger partial charge in [-0.25, -0.2) is 0 Å². The minimum atomic E-state index is -0.298. The van der Waals surface area contributed by atoms with E-state index in [1.54, 1.807) is 0 Å². The van der Waals surface area contributed by atoms with Gasteiger partial charge < -0.3 is 10.1 Å². The Labute approximate surface area is 126 Å². The van der Waals surface area contributed by atoms with Gasteiger partial charge in [0.25, 0.3) is 0 Å². The third-order valence-corrected chi connectivity index (χ3v) is 4.61. The SMILES string of the molecule is O=CC1(C(c2ccccc2)c2ccccc2)CCNCC1. The molecule has 1 aliphatic rings. The Morgan fingerprint density at radius 2 is 1.33 bits per heavy atom. The summed E-state index contributed by atoms with van der Waals surface area (Å²) in [5.74, 6) is 0.138. The second kappa shape index (κ2) is 6.23. The first kappa shape index (κ1) is 14.0. The first-order chi connectivity index (χ1) is 10.4. The molecular formula is C19H21NO. The number of carbonyl (C=O) groups is 1. The van der Waals surface area contributed by atoms with E-state index in [1.165, 1.54) is 17.4 Å². The van der Waals surface area contributed by atoms with Crippen molar-refractivity contribution in [1.29, 1.82) is 0 Å². The summed E-state index contributed by atoms with van der Waals surface area (Å²) in [6.45, 7) is 1.82. The number of hydrogen-bond acceptors (Lipinski definition) is 2. The van der Waals surface area contributed by atoms with Gasteiger partial charge in [-0.3, -0.25) is 0 Å². The summed E-state index contributed by atoms with van der Waals surface area (Å²) in [4.78, 5) is 12.0. The highest BCUT2D eigenvalue weighted by Crippen LogP contribution is 2.45. The minimum absolute atomic E-state index is 0.138. The Morgan fingerprint density at radius 3 is 1.76 bits per heavy atom. The fourth-order valence-corrected chi connectivity index (χ4v) is 3.51. The number of aldehydes is 1. The Bertz CT molecular complexity index is 534. The van der Waals surface area contributed by atoms with Gasteiger partial charge in [-0.15, -0.1) is 0 Å². The van der Waals surface area contributed by atoms with Crippen LogP contribution in [0.25, 0.3) is 0 Å². The van der Waals surface area contributed by atoms with Crippen LogP contribution < -0.4 is 5.32 Å². The van der Waals surface area contributed by atoms with E-state index in [0.717, 1.165) is 25.9 Å². The Kier molecular flexibility index (Phi) is 4.16. The first-order valence-electron chi connectivity index (χ1n) is 7.63. The van der Waals surface area contributed by atoms with Crippen LogP contribution in [0.3, 0.4) is 0 Å². The van der Waals surface area contributed by atoms with Crippen LogP contribution in [0.2, 0.25) is 0 Å². The lowest BCUT2D eigenvalue weighted by molar-refractivity contribution is -0.118. The van der Waals surface area contributed by atoms with E-state index in [0.29, 0.717) is 0 Å². The van der Waals surface area contributed by atoms with Crippen molar-refractivity contribution in [2.75, 3.05) is 13.1 Å². The summed E-state index contributed by atoms with van der Waals surface area (Å²) in [5.41, 5.74) is 2.17. The van der Waals surface area contributed by atoms with Crippen LogP contribution in [-0.2, 0) is 4.79 Å². The standard InChI is InChI=1S/C19H21NO/c21-15-19(11-13-20-14-12-19)18(16-7-3-1-4-8-16)17-9-5-2-6-10-17/h1-10,15,18,20H,11-14H2. The molecule has 0 atom stereocenters. The molecule has 1 aliphatic heterocycles. The highest BCUT2D eigenvalue weighted by molar-refractivity contribution is 5.64. The fraction of sp³-hybridized carbons (Fsp3) is 0.316. The largest absolute Gasteiger partial charge is 0.317 e. The molecule has 2 aromatic rings. The quantitative estimate of drug-likeness (QED) is 0.869. The van der Waals surface area contributed by atoms with Gasteiger partial charge in [0.2, 0.25) is 0 Å². The zero-order valence-electron chi connectivity index (χ0n) is 12.2. The average Bonchev–Trinajstić information content (AvgIpc) is 2.58. The number of carbonyl (C=O) groups excluding carboxylic acids is 1. The maximum absolute atomic E-state index is 12.0. The van der Waals surface area contributed by atoms with Crippen molar-refractivity contribution in [3.05, 3.63) is 71.8 Å². The highest BCUT2D eigenvalue weighted by Gasteiger charge is 2.41. The molecular weight excluding hydrogens is 258 g/mol. The van der Waals surface area contributed by atoms with Crippen LogP contribution in [0.5, 0.6) is 0 Å². The van der Waals surface area contributed by atoms with E-state index < -0.39 is 0 Å². The van der Waals surface area contributed by atoms with E-state index in [-0.39, 0.29) is 11.3 Å². The fourth-order valence-electron chi connectivity index (χ4n) is 3.51. The molecule has 2 aromatic carbocycles. The molecule has 1 saturated heterocycles. The molecule has 0 spiro atoms. The Hall–Kier alpha value is -1.93. The topological polar surface area (TPSA) is 29.1 Å². The van der Waals surface area contributed by atoms with Gasteiger partial charge in [-0.2, -0.15) is 0 Å². The predicted octanol–water partition coefficient (Wildman–Crippen LogP) is 3.39. The monoisotopic (exact) mass is 279 g/mol. The molecule has 0 aromatic heterocycles. The van der Waals surface area contributed by atoms with Crippen LogP contribution in [0.1, 0.15) is 29.9 Å². The second-order valence-electron chi connectivity index (χ2n) is 5.86. The molecule has 0 unspecified atom stereocenters. The van der Waals surface area contributed by atoms with Crippen LogP contribution in [0, 0.1) is 5.41 Å². The van der Waals surface area contributed by atoms with Gasteiger partial charge in [0.1, 0.15) is 6.29 Å². The van der Waals surface area contributed by atoms with Crippen molar-refractivity contribution in [3.8, 4) is 0 Å². The molecule has 0 amide bonds. The van der Waals surface area contributed by atoms with Gasteiger partial charge in [0.05, 0.1) is 0 Å².